The first-order valence-electron chi connectivity index (χ1n) is 7.51. The lowest BCUT2D eigenvalue weighted by molar-refractivity contribution is -0.119. The van der Waals surface area contributed by atoms with Crippen LogP contribution in [0, 0.1) is 0 Å². The fourth-order valence-corrected chi connectivity index (χ4v) is 2.72. The standard InChI is InChI=1S/C16H21ClN2O3/c17-10-15(20)18-13-8-4-5-9-14(13)19-16(21)22-11-12-6-2-1-3-7-12/h1-3,6-7,13-14H,4-5,8-11H2,(H,18,20)(H,19,21)/t13-,14-/m0/s1. The van der Waals surface area contributed by atoms with E-state index in [0.717, 1.165) is 31.2 Å². The summed E-state index contributed by atoms with van der Waals surface area (Å²) in [4.78, 5) is 23.3. The first-order valence-corrected chi connectivity index (χ1v) is 8.05. The fourth-order valence-electron chi connectivity index (χ4n) is 2.64. The molecular formula is C16H21ClN2O3. The minimum atomic E-state index is -0.458. The summed E-state index contributed by atoms with van der Waals surface area (Å²) in [6, 6.07) is 9.32. The van der Waals surface area contributed by atoms with Crippen LogP contribution in [-0.4, -0.2) is 30.0 Å². The van der Waals surface area contributed by atoms with Crippen LogP contribution in [-0.2, 0) is 16.1 Å². The highest BCUT2D eigenvalue weighted by atomic mass is 35.5. The van der Waals surface area contributed by atoms with E-state index in [9.17, 15) is 9.59 Å². The maximum atomic E-state index is 11.9. The van der Waals surface area contributed by atoms with Gasteiger partial charge in [0.25, 0.3) is 0 Å². The van der Waals surface area contributed by atoms with Gasteiger partial charge >= 0.3 is 6.09 Å². The summed E-state index contributed by atoms with van der Waals surface area (Å²) >= 11 is 5.52. The molecule has 2 N–H and O–H groups in total. The summed E-state index contributed by atoms with van der Waals surface area (Å²) in [5.41, 5.74) is 0.938. The van der Waals surface area contributed by atoms with E-state index in [0.29, 0.717) is 0 Å². The number of benzene rings is 1. The van der Waals surface area contributed by atoms with Gasteiger partial charge in [0.1, 0.15) is 12.5 Å². The number of rotatable bonds is 5. The zero-order valence-electron chi connectivity index (χ0n) is 12.4. The van der Waals surface area contributed by atoms with Crippen LogP contribution in [0.1, 0.15) is 31.2 Å². The van der Waals surface area contributed by atoms with Gasteiger partial charge in [-0.25, -0.2) is 4.79 Å². The molecule has 0 aliphatic heterocycles. The molecule has 0 unspecified atom stereocenters. The molecule has 0 saturated heterocycles. The average molecular weight is 325 g/mol. The van der Waals surface area contributed by atoms with Crippen LogP contribution in [0.5, 0.6) is 0 Å². The van der Waals surface area contributed by atoms with E-state index >= 15 is 0 Å². The van der Waals surface area contributed by atoms with Crippen molar-refractivity contribution in [1.29, 1.82) is 0 Å². The Bertz CT molecular complexity index is 495. The Morgan fingerprint density at radius 3 is 2.36 bits per heavy atom. The number of carbonyl (C=O) groups is 2. The van der Waals surface area contributed by atoms with Crippen LogP contribution in [0.25, 0.3) is 0 Å². The van der Waals surface area contributed by atoms with Crippen molar-refractivity contribution in [2.24, 2.45) is 0 Å². The van der Waals surface area contributed by atoms with E-state index < -0.39 is 6.09 Å². The highest BCUT2D eigenvalue weighted by Crippen LogP contribution is 2.19. The second-order valence-electron chi connectivity index (χ2n) is 5.40. The van der Waals surface area contributed by atoms with Crippen molar-refractivity contribution < 1.29 is 14.3 Å². The number of alkyl halides is 1. The molecule has 5 nitrogen and oxygen atoms in total. The van der Waals surface area contributed by atoms with Crippen LogP contribution < -0.4 is 10.6 Å². The second kappa shape index (κ2) is 8.63. The number of halogens is 1. The number of carbonyl (C=O) groups excluding carboxylic acids is 2. The molecule has 2 amide bonds. The zero-order valence-corrected chi connectivity index (χ0v) is 13.1. The smallest absolute Gasteiger partial charge is 0.407 e. The minimum Gasteiger partial charge on any atom is -0.445 e. The maximum Gasteiger partial charge on any atom is 0.407 e. The summed E-state index contributed by atoms with van der Waals surface area (Å²) in [5.74, 6) is -0.278. The fraction of sp³-hybridized carbons (Fsp3) is 0.500. The number of hydrogen-bond donors (Lipinski definition) is 2. The van der Waals surface area contributed by atoms with Gasteiger partial charge in [0.15, 0.2) is 0 Å². The van der Waals surface area contributed by atoms with Crippen LogP contribution >= 0.6 is 11.6 Å². The molecule has 1 aliphatic carbocycles. The summed E-state index contributed by atoms with van der Waals surface area (Å²) in [6.07, 6.45) is 3.27. The van der Waals surface area contributed by atoms with Crippen LogP contribution in [0.4, 0.5) is 4.79 Å². The van der Waals surface area contributed by atoms with Crippen LogP contribution in [0.3, 0.4) is 0 Å². The second-order valence-corrected chi connectivity index (χ2v) is 5.67. The molecule has 0 radical (unpaired) electrons. The van der Waals surface area contributed by atoms with Gasteiger partial charge in [0.05, 0.1) is 6.04 Å². The lowest BCUT2D eigenvalue weighted by Gasteiger charge is -2.32. The lowest BCUT2D eigenvalue weighted by atomic mass is 9.90. The largest absolute Gasteiger partial charge is 0.445 e. The minimum absolute atomic E-state index is 0.0678. The third-order valence-electron chi connectivity index (χ3n) is 3.75. The first-order chi connectivity index (χ1) is 10.7. The summed E-state index contributed by atoms with van der Waals surface area (Å²) in [6.45, 7) is 0.234. The number of hydrogen-bond acceptors (Lipinski definition) is 3. The van der Waals surface area contributed by atoms with Gasteiger partial charge in [0, 0.05) is 6.04 Å². The van der Waals surface area contributed by atoms with E-state index in [1.165, 1.54) is 0 Å². The molecular weight excluding hydrogens is 304 g/mol. The Kier molecular flexibility index (Phi) is 6.52. The highest BCUT2D eigenvalue weighted by Gasteiger charge is 2.27. The van der Waals surface area contributed by atoms with Crippen molar-refractivity contribution in [2.75, 3.05) is 5.88 Å². The predicted molar refractivity (Wildman–Crippen MR) is 84.7 cm³/mol. The summed E-state index contributed by atoms with van der Waals surface area (Å²) < 4.78 is 5.22. The Balaban J connectivity index is 1.81. The van der Waals surface area contributed by atoms with Gasteiger partial charge in [-0.3, -0.25) is 4.79 Å². The summed E-state index contributed by atoms with van der Waals surface area (Å²) in [7, 11) is 0. The molecule has 0 bridgehead atoms. The molecule has 1 saturated carbocycles. The third kappa shape index (κ3) is 5.22. The molecule has 22 heavy (non-hydrogen) atoms. The Hall–Kier alpha value is -1.75. The highest BCUT2D eigenvalue weighted by molar-refractivity contribution is 6.27. The van der Waals surface area contributed by atoms with Crippen molar-refractivity contribution in [2.45, 2.75) is 44.4 Å². The molecule has 0 heterocycles. The Morgan fingerprint density at radius 1 is 1.09 bits per heavy atom. The van der Waals surface area contributed by atoms with E-state index in [1.54, 1.807) is 0 Å². The molecule has 6 heteroatoms. The van der Waals surface area contributed by atoms with Crippen molar-refractivity contribution >= 4 is 23.6 Å². The molecule has 1 aromatic carbocycles. The number of alkyl carbamates (subject to hydrolysis) is 1. The van der Waals surface area contributed by atoms with E-state index in [-0.39, 0.29) is 30.5 Å². The van der Waals surface area contributed by atoms with E-state index in [4.69, 9.17) is 16.3 Å². The molecule has 1 fully saturated rings. The van der Waals surface area contributed by atoms with Crippen molar-refractivity contribution in [3.05, 3.63) is 35.9 Å². The van der Waals surface area contributed by atoms with Gasteiger partial charge in [0.2, 0.25) is 5.91 Å². The Morgan fingerprint density at radius 2 is 1.73 bits per heavy atom. The molecule has 2 atom stereocenters. The molecule has 0 aromatic heterocycles. The molecule has 0 spiro atoms. The van der Waals surface area contributed by atoms with Crippen molar-refractivity contribution in [1.82, 2.24) is 10.6 Å². The van der Waals surface area contributed by atoms with Gasteiger partial charge in [-0.15, -0.1) is 11.6 Å². The van der Waals surface area contributed by atoms with Crippen LogP contribution in [0.15, 0.2) is 30.3 Å². The van der Waals surface area contributed by atoms with Gasteiger partial charge in [-0.2, -0.15) is 0 Å². The predicted octanol–water partition coefficient (Wildman–Crippen LogP) is 2.58. The molecule has 1 aromatic rings. The lowest BCUT2D eigenvalue weighted by Crippen LogP contribution is -2.53. The topological polar surface area (TPSA) is 67.4 Å². The quantitative estimate of drug-likeness (QED) is 0.818. The van der Waals surface area contributed by atoms with Gasteiger partial charge < -0.3 is 15.4 Å². The molecule has 2 rings (SSSR count). The van der Waals surface area contributed by atoms with Crippen LogP contribution in [0.2, 0.25) is 0 Å². The number of ether oxygens (including phenoxy) is 1. The third-order valence-corrected chi connectivity index (χ3v) is 3.99. The van der Waals surface area contributed by atoms with Gasteiger partial charge in [-0.1, -0.05) is 43.2 Å². The van der Waals surface area contributed by atoms with Gasteiger partial charge in [-0.05, 0) is 18.4 Å². The Labute approximate surface area is 135 Å². The van der Waals surface area contributed by atoms with Crippen molar-refractivity contribution in [3.63, 3.8) is 0 Å². The first kappa shape index (κ1) is 16.6. The van der Waals surface area contributed by atoms with Crippen molar-refractivity contribution in [3.8, 4) is 0 Å². The maximum absolute atomic E-state index is 11.9. The van der Waals surface area contributed by atoms with E-state index in [2.05, 4.69) is 10.6 Å². The van der Waals surface area contributed by atoms with E-state index in [1.807, 2.05) is 30.3 Å². The number of nitrogens with one attached hydrogen (secondary N) is 2. The molecule has 1 aliphatic rings. The number of amides is 2. The zero-order chi connectivity index (χ0) is 15.8. The monoisotopic (exact) mass is 324 g/mol. The average Bonchev–Trinajstić information content (AvgIpc) is 2.55. The SMILES string of the molecule is O=C(CCl)N[C@H]1CCCC[C@@H]1NC(=O)OCc1ccccc1. The normalized spacial score (nSPS) is 21.0. The molecule has 120 valence electrons. The summed E-state index contributed by atoms with van der Waals surface area (Å²) in [5, 5.41) is 5.71.